The maximum atomic E-state index is 11.6. The number of carboxylic acid groups (broad SMARTS) is 1. The Morgan fingerprint density at radius 1 is 1.16 bits per heavy atom. The molecule has 1 aliphatic carbocycles. The van der Waals surface area contributed by atoms with Crippen LogP contribution in [0.25, 0.3) is 6.08 Å². The summed E-state index contributed by atoms with van der Waals surface area (Å²) >= 11 is 0. The van der Waals surface area contributed by atoms with Crippen molar-refractivity contribution in [3.8, 4) is 0 Å². The molecule has 1 aromatic rings. The fraction of sp³-hybridized carbons (Fsp3) is 0.375. The summed E-state index contributed by atoms with van der Waals surface area (Å²) in [6.45, 7) is 3.16. The lowest BCUT2D eigenvalue weighted by Gasteiger charge is -2.12. The van der Waals surface area contributed by atoms with Crippen molar-refractivity contribution in [3.05, 3.63) is 41.0 Å². The molecule has 0 unspecified atom stereocenters. The predicted octanol–water partition coefficient (Wildman–Crippen LogP) is 3.61. The van der Waals surface area contributed by atoms with E-state index in [2.05, 4.69) is 31.2 Å². The van der Waals surface area contributed by atoms with Gasteiger partial charge in [-0.05, 0) is 43.4 Å². The zero-order valence-electron chi connectivity index (χ0n) is 11.5. The molecule has 0 saturated heterocycles. The van der Waals surface area contributed by atoms with Gasteiger partial charge in [0.05, 0.1) is 0 Å². The average Bonchev–Trinajstić information content (AvgIpc) is 2.34. The number of carbonyl (C=O) groups excluding carboxylic acids is 1. The SMILES string of the molecule is CC(=O)O.Cc1ccc(C=C2CCCCC2=O)cc1. The van der Waals surface area contributed by atoms with Crippen molar-refractivity contribution in [2.45, 2.75) is 39.5 Å². The van der Waals surface area contributed by atoms with E-state index >= 15 is 0 Å². The van der Waals surface area contributed by atoms with Crippen LogP contribution in [0.4, 0.5) is 0 Å². The summed E-state index contributed by atoms with van der Waals surface area (Å²) in [5.74, 6) is -0.498. The van der Waals surface area contributed by atoms with Gasteiger partial charge in [0.1, 0.15) is 0 Å². The molecule has 0 heterocycles. The van der Waals surface area contributed by atoms with Crippen molar-refractivity contribution >= 4 is 17.8 Å². The second-order valence-corrected chi connectivity index (χ2v) is 4.73. The van der Waals surface area contributed by atoms with Crippen molar-refractivity contribution < 1.29 is 14.7 Å². The molecule has 0 amide bonds. The molecule has 0 aliphatic heterocycles. The number of carbonyl (C=O) groups is 2. The monoisotopic (exact) mass is 260 g/mol. The molecule has 0 spiro atoms. The first kappa shape index (κ1) is 15.2. The van der Waals surface area contributed by atoms with Gasteiger partial charge in [0.2, 0.25) is 0 Å². The van der Waals surface area contributed by atoms with E-state index in [1.807, 2.05) is 6.08 Å². The summed E-state index contributed by atoms with van der Waals surface area (Å²) in [5, 5.41) is 7.42. The van der Waals surface area contributed by atoms with E-state index in [9.17, 15) is 4.79 Å². The minimum absolute atomic E-state index is 0.335. The Kier molecular flexibility index (Phi) is 6.00. The molecule has 0 radical (unpaired) electrons. The van der Waals surface area contributed by atoms with Crippen molar-refractivity contribution in [1.29, 1.82) is 0 Å². The van der Waals surface area contributed by atoms with Crippen LogP contribution >= 0.6 is 0 Å². The summed E-state index contributed by atoms with van der Waals surface area (Å²) in [6.07, 6.45) is 5.94. The van der Waals surface area contributed by atoms with Crippen LogP contribution in [0, 0.1) is 6.92 Å². The largest absolute Gasteiger partial charge is 0.481 e. The first-order valence-corrected chi connectivity index (χ1v) is 6.49. The number of Topliss-reactive ketones (excluding diaryl/α,β-unsaturated/α-hetero) is 1. The van der Waals surface area contributed by atoms with Gasteiger partial charge in [-0.15, -0.1) is 0 Å². The van der Waals surface area contributed by atoms with E-state index in [4.69, 9.17) is 9.90 Å². The van der Waals surface area contributed by atoms with Crippen LogP contribution in [-0.2, 0) is 9.59 Å². The van der Waals surface area contributed by atoms with Crippen LogP contribution in [0.5, 0.6) is 0 Å². The van der Waals surface area contributed by atoms with E-state index in [0.29, 0.717) is 5.78 Å². The first-order valence-electron chi connectivity index (χ1n) is 6.49. The minimum Gasteiger partial charge on any atom is -0.481 e. The number of hydrogen-bond acceptors (Lipinski definition) is 2. The smallest absolute Gasteiger partial charge is 0.300 e. The van der Waals surface area contributed by atoms with Crippen LogP contribution in [0.15, 0.2) is 29.8 Å². The normalized spacial score (nSPS) is 16.7. The number of carboxylic acids is 1. The topological polar surface area (TPSA) is 54.4 Å². The zero-order chi connectivity index (χ0) is 14.3. The molecule has 3 heteroatoms. The van der Waals surface area contributed by atoms with Crippen molar-refractivity contribution in [2.24, 2.45) is 0 Å². The molecule has 1 aromatic carbocycles. The third-order valence-electron chi connectivity index (χ3n) is 2.88. The third-order valence-corrected chi connectivity index (χ3v) is 2.88. The van der Waals surface area contributed by atoms with Gasteiger partial charge in [0.25, 0.3) is 5.97 Å². The van der Waals surface area contributed by atoms with Gasteiger partial charge < -0.3 is 5.11 Å². The molecule has 102 valence electrons. The van der Waals surface area contributed by atoms with E-state index < -0.39 is 5.97 Å². The molecule has 0 atom stereocenters. The lowest BCUT2D eigenvalue weighted by molar-refractivity contribution is -0.134. The van der Waals surface area contributed by atoms with Crippen LogP contribution in [-0.4, -0.2) is 16.9 Å². The van der Waals surface area contributed by atoms with Gasteiger partial charge in [-0.3, -0.25) is 9.59 Å². The number of aryl methyl sites for hydroxylation is 1. The zero-order valence-corrected chi connectivity index (χ0v) is 11.5. The van der Waals surface area contributed by atoms with Gasteiger partial charge in [0.15, 0.2) is 5.78 Å². The number of allylic oxidation sites excluding steroid dienone is 1. The maximum absolute atomic E-state index is 11.6. The number of rotatable bonds is 1. The third kappa shape index (κ3) is 6.00. The second kappa shape index (κ2) is 7.52. The number of ketones is 1. The molecule has 0 bridgehead atoms. The van der Waals surface area contributed by atoms with E-state index in [1.54, 1.807) is 0 Å². The van der Waals surface area contributed by atoms with Gasteiger partial charge in [-0.1, -0.05) is 29.8 Å². The fourth-order valence-electron chi connectivity index (χ4n) is 1.92. The number of benzene rings is 1. The van der Waals surface area contributed by atoms with Gasteiger partial charge >= 0.3 is 0 Å². The highest BCUT2D eigenvalue weighted by Gasteiger charge is 2.14. The molecular formula is C16H20O3. The van der Waals surface area contributed by atoms with E-state index in [-0.39, 0.29) is 0 Å². The lowest BCUT2D eigenvalue weighted by Crippen LogP contribution is -2.07. The Bertz CT molecular complexity index is 465. The summed E-state index contributed by atoms with van der Waals surface area (Å²) in [5.41, 5.74) is 3.41. The molecular weight excluding hydrogens is 240 g/mol. The summed E-state index contributed by atoms with van der Waals surface area (Å²) in [7, 11) is 0. The molecule has 3 nitrogen and oxygen atoms in total. The maximum Gasteiger partial charge on any atom is 0.300 e. The molecule has 2 rings (SSSR count). The predicted molar refractivity (Wildman–Crippen MR) is 75.9 cm³/mol. The van der Waals surface area contributed by atoms with Crippen LogP contribution in [0.3, 0.4) is 0 Å². The van der Waals surface area contributed by atoms with Crippen molar-refractivity contribution in [3.63, 3.8) is 0 Å². The highest BCUT2D eigenvalue weighted by atomic mass is 16.4. The van der Waals surface area contributed by atoms with Gasteiger partial charge in [-0.25, -0.2) is 0 Å². The standard InChI is InChI=1S/C14H16O.C2H4O2/c1-11-6-8-12(9-7-11)10-13-4-2-3-5-14(13)15;1-2(3)4/h6-10H,2-5H2,1H3;1H3,(H,3,4). The van der Waals surface area contributed by atoms with Crippen LogP contribution in [0.1, 0.15) is 43.7 Å². The molecule has 19 heavy (non-hydrogen) atoms. The van der Waals surface area contributed by atoms with Gasteiger partial charge in [-0.2, -0.15) is 0 Å². The van der Waals surface area contributed by atoms with Crippen molar-refractivity contribution in [1.82, 2.24) is 0 Å². The molecule has 1 aliphatic rings. The highest BCUT2D eigenvalue weighted by Crippen LogP contribution is 2.22. The lowest BCUT2D eigenvalue weighted by atomic mass is 9.92. The highest BCUT2D eigenvalue weighted by molar-refractivity contribution is 6.00. The Balaban J connectivity index is 0.000000399. The summed E-state index contributed by atoms with van der Waals surface area (Å²) in [4.78, 5) is 20.6. The Morgan fingerprint density at radius 2 is 1.68 bits per heavy atom. The fourth-order valence-corrected chi connectivity index (χ4v) is 1.92. The van der Waals surface area contributed by atoms with Crippen LogP contribution < -0.4 is 0 Å². The first-order chi connectivity index (χ1) is 8.99. The van der Waals surface area contributed by atoms with E-state index in [0.717, 1.165) is 43.7 Å². The Morgan fingerprint density at radius 3 is 2.21 bits per heavy atom. The quantitative estimate of drug-likeness (QED) is 0.785. The summed E-state index contributed by atoms with van der Waals surface area (Å²) < 4.78 is 0. The minimum atomic E-state index is -0.833. The average molecular weight is 260 g/mol. The number of hydrogen-bond donors (Lipinski definition) is 1. The van der Waals surface area contributed by atoms with Crippen LogP contribution in [0.2, 0.25) is 0 Å². The molecule has 0 aromatic heterocycles. The molecule has 1 N–H and O–H groups in total. The summed E-state index contributed by atoms with van der Waals surface area (Å²) in [6, 6.07) is 8.31. The molecule has 1 fully saturated rings. The van der Waals surface area contributed by atoms with Gasteiger partial charge in [0, 0.05) is 13.3 Å². The van der Waals surface area contributed by atoms with Crippen molar-refractivity contribution in [2.75, 3.05) is 0 Å². The second-order valence-electron chi connectivity index (χ2n) is 4.73. The Labute approximate surface area is 114 Å². The van der Waals surface area contributed by atoms with E-state index in [1.165, 1.54) is 5.56 Å². The molecule has 1 saturated carbocycles. The number of aliphatic carboxylic acids is 1. The Hall–Kier alpha value is -1.90.